The fourth-order valence-electron chi connectivity index (χ4n) is 3.16. The van der Waals surface area contributed by atoms with Crippen molar-refractivity contribution in [2.45, 2.75) is 23.3 Å². The Morgan fingerprint density at radius 2 is 1.91 bits per heavy atom. The van der Waals surface area contributed by atoms with Gasteiger partial charge in [0.25, 0.3) is 5.91 Å². The first-order valence-electron chi connectivity index (χ1n) is 9.89. The largest absolute Gasteiger partial charge is 0.279 e. The van der Waals surface area contributed by atoms with Crippen molar-refractivity contribution in [3.8, 4) is 0 Å². The first-order chi connectivity index (χ1) is 15.3. The highest BCUT2D eigenvalue weighted by atomic mass is 32.2. The zero-order chi connectivity index (χ0) is 22.7. The SMILES string of the molecule is CCSc1ccc(C(=O)N(Cc2cccnc2)c2nc3ccc(S(C)(=O)=O)cc3s2)cc1. The fraction of sp³-hybridized carbons (Fsp3) is 0.174. The van der Waals surface area contributed by atoms with Gasteiger partial charge in [0.05, 0.1) is 21.7 Å². The van der Waals surface area contributed by atoms with Gasteiger partial charge in [-0.25, -0.2) is 13.4 Å². The van der Waals surface area contributed by atoms with Gasteiger partial charge in [0.1, 0.15) is 0 Å². The number of hydrogen-bond donors (Lipinski definition) is 0. The molecule has 0 fully saturated rings. The number of amides is 1. The molecular formula is C23H21N3O3S3. The molecule has 6 nitrogen and oxygen atoms in total. The molecule has 0 atom stereocenters. The normalized spacial score (nSPS) is 11.6. The van der Waals surface area contributed by atoms with Crippen LogP contribution in [0.2, 0.25) is 0 Å². The average molecular weight is 484 g/mol. The molecule has 0 aliphatic rings. The maximum atomic E-state index is 13.5. The predicted octanol–water partition coefficient (Wildman–Crippen LogP) is 5.05. The van der Waals surface area contributed by atoms with Crippen LogP contribution in [0.4, 0.5) is 5.13 Å². The van der Waals surface area contributed by atoms with Gasteiger partial charge >= 0.3 is 0 Å². The van der Waals surface area contributed by atoms with Crippen LogP contribution in [0.25, 0.3) is 10.2 Å². The van der Waals surface area contributed by atoms with Crippen molar-refractivity contribution in [1.82, 2.24) is 9.97 Å². The summed E-state index contributed by atoms with van der Waals surface area (Å²) in [5.41, 5.74) is 2.08. The molecule has 2 heterocycles. The van der Waals surface area contributed by atoms with E-state index in [1.807, 2.05) is 36.4 Å². The molecule has 0 bridgehead atoms. The van der Waals surface area contributed by atoms with Crippen molar-refractivity contribution in [2.75, 3.05) is 16.9 Å². The number of sulfone groups is 1. The fourth-order valence-corrected chi connectivity index (χ4v) is 5.54. The molecule has 0 aliphatic heterocycles. The molecule has 1 amide bonds. The number of pyridine rings is 1. The van der Waals surface area contributed by atoms with Gasteiger partial charge in [0.15, 0.2) is 15.0 Å². The minimum atomic E-state index is -3.33. The van der Waals surface area contributed by atoms with Crippen LogP contribution >= 0.6 is 23.1 Å². The highest BCUT2D eigenvalue weighted by Gasteiger charge is 2.22. The summed E-state index contributed by atoms with van der Waals surface area (Å²) in [6, 6.07) is 16.1. The number of thiazole rings is 1. The number of hydrogen-bond acceptors (Lipinski definition) is 7. The molecule has 0 saturated heterocycles. The summed E-state index contributed by atoms with van der Waals surface area (Å²) in [5.74, 6) is 0.783. The minimum Gasteiger partial charge on any atom is -0.279 e. The van der Waals surface area contributed by atoms with Crippen LogP contribution in [0, 0.1) is 0 Å². The summed E-state index contributed by atoms with van der Waals surface area (Å²) >= 11 is 3.01. The summed E-state index contributed by atoms with van der Waals surface area (Å²) in [5, 5.41) is 0.506. The Kier molecular flexibility index (Phi) is 6.59. The lowest BCUT2D eigenvalue weighted by atomic mass is 10.2. The zero-order valence-electron chi connectivity index (χ0n) is 17.6. The van der Waals surface area contributed by atoms with Crippen molar-refractivity contribution >= 4 is 54.2 Å². The molecule has 164 valence electrons. The summed E-state index contributed by atoms with van der Waals surface area (Å²) < 4.78 is 24.6. The lowest BCUT2D eigenvalue weighted by Crippen LogP contribution is -2.30. The van der Waals surface area contributed by atoms with Crippen LogP contribution < -0.4 is 4.90 Å². The van der Waals surface area contributed by atoms with E-state index in [4.69, 9.17) is 0 Å². The molecule has 4 rings (SSSR count). The lowest BCUT2D eigenvalue weighted by Gasteiger charge is -2.20. The molecule has 4 aromatic rings. The van der Waals surface area contributed by atoms with Crippen molar-refractivity contribution < 1.29 is 13.2 Å². The topological polar surface area (TPSA) is 80.2 Å². The molecule has 0 unspecified atom stereocenters. The number of benzene rings is 2. The molecule has 9 heteroatoms. The van der Waals surface area contributed by atoms with Gasteiger partial charge in [0, 0.05) is 29.1 Å². The second-order valence-electron chi connectivity index (χ2n) is 7.11. The van der Waals surface area contributed by atoms with Crippen molar-refractivity contribution in [2.24, 2.45) is 0 Å². The molecule has 0 saturated carbocycles. The zero-order valence-corrected chi connectivity index (χ0v) is 20.0. The third-order valence-electron chi connectivity index (χ3n) is 4.73. The van der Waals surface area contributed by atoms with Crippen molar-refractivity contribution in [3.05, 3.63) is 78.1 Å². The molecular weight excluding hydrogens is 462 g/mol. The number of aromatic nitrogens is 2. The van der Waals surface area contributed by atoms with Gasteiger partial charge in [-0.05, 0) is 59.8 Å². The Hall–Kier alpha value is -2.75. The van der Waals surface area contributed by atoms with Crippen molar-refractivity contribution in [3.63, 3.8) is 0 Å². The number of anilines is 1. The van der Waals surface area contributed by atoms with E-state index in [0.717, 1.165) is 16.2 Å². The first-order valence-corrected chi connectivity index (χ1v) is 13.6. The van der Waals surface area contributed by atoms with Gasteiger partial charge in [-0.1, -0.05) is 24.3 Å². The average Bonchev–Trinajstić information content (AvgIpc) is 3.21. The molecule has 0 aliphatic carbocycles. The minimum absolute atomic E-state index is 0.177. The second-order valence-corrected chi connectivity index (χ2v) is 11.5. The summed E-state index contributed by atoms with van der Waals surface area (Å²) in [6.07, 6.45) is 4.58. The summed E-state index contributed by atoms with van der Waals surface area (Å²) in [4.78, 5) is 25.2. The quantitative estimate of drug-likeness (QED) is 0.342. The lowest BCUT2D eigenvalue weighted by molar-refractivity contribution is 0.0985. The summed E-state index contributed by atoms with van der Waals surface area (Å²) in [6.45, 7) is 2.39. The smallest absolute Gasteiger partial charge is 0.260 e. The molecule has 0 N–H and O–H groups in total. The second kappa shape index (κ2) is 9.40. The number of thioether (sulfide) groups is 1. The number of carbonyl (C=O) groups excluding carboxylic acids is 1. The van der Waals surface area contributed by atoms with Crippen LogP contribution in [0.5, 0.6) is 0 Å². The van der Waals surface area contributed by atoms with Crippen LogP contribution in [0.1, 0.15) is 22.8 Å². The van der Waals surface area contributed by atoms with E-state index < -0.39 is 9.84 Å². The maximum absolute atomic E-state index is 13.5. The summed E-state index contributed by atoms with van der Waals surface area (Å²) in [7, 11) is -3.33. The molecule has 32 heavy (non-hydrogen) atoms. The van der Waals surface area contributed by atoms with Gasteiger partial charge in [-0.2, -0.15) is 0 Å². The Morgan fingerprint density at radius 1 is 1.12 bits per heavy atom. The number of rotatable bonds is 7. The number of nitrogens with zero attached hydrogens (tertiary/aromatic N) is 3. The Bertz CT molecular complexity index is 1350. The van der Waals surface area contributed by atoms with Crippen molar-refractivity contribution in [1.29, 1.82) is 0 Å². The highest BCUT2D eigenvalue weighted by molar-refractivity contribution is 7.99. The molecule has 0 radical (unpaired) electrons. The van der Waals surface area contributed by atoms with Crippen LogP contribution in [-0.4, -0.2) is 36.3 Å². The standard InChI is InChI=1S/C23H21N3O3S3/c1-3-30-18-8-6-17(7-9-18)22(27)26(15-16-5-4-12-24-14-16)23-25-20-11-10-19(32(2,28)29)13-21(20)31-23/h4-14H,3,15H2,1-2H3. The van der Waals surface area contributed by atoms with Gasteiger partial charge in [-0.3, -0.25) is 14.7 Å². The van der Waals surface area contributed by atoms with E-state index in [1.165, 1.54) is 17.6 Å². The van der Waals surface area contributed by atoms with Crippen LogP contribution in [-0.2, 0) is 16.4 Å². The van der Waals surface area contributed by atoms with Crippen LogP contribution in [0.15, 0.2) is 76.8 Å². The number of carbonyl (C=O) groups is 1. The third-order valence-corrected chi connectivity index (χ3v) is 7.77. The van der Waals surface area contributed by atoms with Crippen LogP contribution in [0.3, 0.4) is 0 Å². The Labute approximate surface area is 195 Å². The van der Waals surface area contributed by atoms with E-state index in [9.17, 15) is 13.2 Å². The van der Waals surface area contributed by atoms with E-state index in [1.54, 1.807) is 47.3 Å². The maximum Gasteiger partial charge on any atom is 0.260 e. The van der Waals surface area contributed by atoms with Gasteiger partial charge in [-0.15, -0.1) is 11.8 Å². The number of fused-ring (bicyclic) bond motifs is 1. The van der Waals surface area contributed by atoms with E-state index in [0.29, 0.717) is 27.5 Å². The van der Waals surface area contributed by atoms with E-state index in [-0.39, 0.29) is 10.8 Å². The third kappa shape index (κ3) is 5.01. The highest BCUT2D eigenvalue weighted by Crippen LogP contribution is 2.32. The van der Waals surface area contributed by atoms with Gasteiger partial charge in [0.2, 0.25) is 0 Å². The monoisotopic (exact) mass is 483 g/mol. The van der Waals surface area contributed by atoms with Gasteiger partial charge < -0.3 is 0 Å². The molecule has 0 spiro atoms. The van der Waals surface area contributed by atoms with E-state index >= 15 is 0 Å². The molecule has 2 aromatic heterocycles. The first kappa shape index (κ1) is 22.4. The molecule has 2 aromatic carbocycles. The predicted molar refractivity (Wildman–Crippen MR) is 130 cm³/mol. The van der Waals surface area contributed by atoms with E-state index in [2.05, 4.69) is 16.9 Å². The Morgan fingerprint density at radius 3 is 2.56 bits per heavy atom. The Balaban J connectivity index is 1.74.